The molecule has 1 aromatic heterocycles. The number of ketones is 1. The first kappa shape index (κ1) is 18.1. The van der Waals surface area contributed by atoms with Crippen molar-refractivity contribution in [3.63, 3.8) is 0 Å². The molecule has 0 amide bonds. The second-order valence-corrected chi connectivity index (χ2v) is 9.41. The third-order valence-corrected chi connectivity index (χ3v) is 7.37. The van der Waals surface area contributed by atoms with Gasteiger partial charge in [0.15, 0.2) is 5.78 Å². The summed E-state index contributed by atoms with van der Waals surface area (Å²) in [4.78, 5) is 13.9. The first-order valence-electron chi connectivity index (χ1n) is 8.70. The highest BCUT2D eigenvalue weighted by atomic mass is 32.2. The van der Waals surface area contributed by atoms with E-state index in [0.717, 1.165) is 21.6 Å². The maximum absolute atomic E-state index is 12.9. The number of thiophene rings is 1. The Labute approximate surface area is 162 Å². The van der Waals surface area contributed by atoms with E-state index in [-0.39, 0.29) is 29.1 Å². The van der Waals surface area contributed by atoms with Crippen LogP contribution < -0.4 is 4.72 Å². The van der Waals surface area contributed by atoms with Crippen LogP contribution in [0, 0.1) is 6.92 Å². The highest BCUT2D eigenvalue weighted by Gasteiger charge is 2.41. The number of nitrogens with one attached hydrogen (secondary N) is 1. The Kier molecular flexibility index (Phi) is 4.72. The molecule has 0 bridgehead atoms. The van der Waals surface area contributed by atoms with Crippen molar-refractivity contribution in [2.24, 2.45) is 0 Å². The normalized spacial score (nSPS) is 19.2. The number of hydrogen-bond acceptors (Lipinski definition) is 4. The van der Waals surface area contributed by atoms with E-state index in [1.165, 1.54) is 11.3 Å². The van der Waals surface area contributed by atoms with Crippen molar-refractivity contribution in [1.82, 2.24) is 4.72 Å². The first-order valence-corrected chi connectivity index (χ1v) is 11.1. The molecule has 4 nitrogen and oxygen atoms in total. The number of carbonyl (C=O) groups is 1. The summed E-state index contributed by atoms with van der Waals surface area (Å²) in [7, 11) is -3.63. The molecule has 1 aliphatic carbocycles. The van der Waals surface area contributed by atoms with Crippen LogP contribution in [0.15, 0.2) is 70.9 Å². The van der Waals surface area contributed by atoms with E-state index in [4.69, 9.17) is 0 Å². The van der Waals surface area contributed by atoms with Gasteiger partial charge in [-0.15, -0.1) is 11.3 Å². The lowest BCUT2D eigenvalue weighted by molar-refractivity contribution is 0.0968. The summed E-state index contributed by atoms with van der Waals surface area (Å²) in [5, 5.41) is 1.89. The fourth-order valence-electron chi connectivity index (χ4n) is 3.59. The van der Waals surface area contributed by atoms with Gasteiger partial charge in [0.25, 0.3) is 0 Å². The van der Waals surface area contributed by atoms with Crippen LogP contribution >= 0.6 is 11.3 Å². The monoisotopic (exact) mass is 397 g/mol. The minimum atomic E-state index is -3.63. The second kappa shape index (κ2) is 7.03. The van der Waals surface area contributed by atoms with Crippen molar-refractivity contribution in [3.8, 4) is 0 Å². The number of sulfonamides is 1. The highest BCUT2D eigenvalue weighted by Crippen LogP contribution is 2.45. The third kappa shape index (κ3) is 3.36. The van der Waals surface area contributed by atoms with Gasteiger partial charge in [-0.25, -0.2) is 13.1 Å². The number of rotatable bonds is 5. The first-order chi connectivity index (χ1) is 13.0. The zero-order valence-corrected chi connectivity index (χ0v) is 16.4. The Morgan fingerprint density at radius 1 is 1.00 bits per heavy atom. The van der Waals surface area contributed by atoms with Gasteiger partial charge in [-0.3, -0.25) is 4.79 Å². The van der Waals surface area contributed by atoms with Crippen LogP contribution in [0.5, 0.6) is 0 Å². The van der Waals surface area contributed by atoms with Crippen LogP contribution in [0.4, 0.5) is 0 Å². The SMILES string of the molecule is Cc1ccc(S(=O)(=O)NC[C@@H]2c3ccsc3C(=O)[C@H]2c2ccccc2)cc1. The Morgan fingerprint density at radius 3 is 2.41 bits per heavy atom. The molecule has 2 atom stereocenters. The lowest BCUT2D eigenvalue weighted by Gasteiger charge is -2.20. The van der Waals surface area contributed by atoms with Gasteiger partial charge in [0, 0.05) is 12.5 Å². The Bertz CT molecular complexity index is 1070. The largest absolute Gasteiger partial charge is 0.293 e. The molecule has 27 heavy (non-hydrogen) atoms. The van der Waals surface area contributed by atoms with E-state index in [1.807, 2.05) is 48.7 Å². The molecule has 0 fully saturated rings. The van der Waals surface area contributed by atoms with Gasteiger partial charge in [-0.1, -0.05) is 48.0 Å². The number of aryl methyl sites for hydroxylation is 1. The predicted octanol–water partition coefficient (Wildman–Crippen LogP) is 4.10. The molecule has 1 aliphatic rings. The molecule has 2 aromatic carbocycles. The maximum Gasteiger partial charge on any atom is 0.240 e. The summed E-state index contributed by atoms with van der Waals surface area (Å²) < 4.78 is 28.1. The predicted molar refractivity (Wildman–Crippen MR) is 107 cm³/mol. The Hall–Kier alpha value is -2.28. The van der Waals surface area contributed by atoms with Crippen molar-refractivity contribution in [2.45, 2.75) is 23.7 Å². The number of hydrogen-bond donors (Lipinski definition) is 1. The van der Waals surface area contributed by atoms with Gasteiger partial charge in [0.2, 0.25) is 10.0 Å². The molecule has 6 heteroatoms. The maximum atomic E-state index is 12.9. The van der Waals surface area contributed by atoms with Gasteiger partial charge in [-0.05, 0) is 41.6 Å². The summed E-state index contributed by atoms with van der Waals surface area (Å²) in [5.41, 5.74) is 2.86. The third-order valence-electron chi connectivity index (χ3n) is 4.99. The molecule has 0 spiro atoms. The van der Waals surface area contributed by atoms with Crippen molar-refractivity contribution in [2.75, 3.05) is 6.54 Å². The van der Waals surface area contributed by atoms with Crippen molar-refractivity contribution in [3.05, 3.63) is 87.6 Å². The minimum Gasteiger partial charge on any atom is -0.293 e. The standard InChI is InChI=1S/C21H19NO3S2/c1-14-7-9-16(10-8-14)27(24,25)22-13-18-17-11-12-26-21(17)20(23)19(18)15-5-3-2-4-6-15/h2-12,18-19,22H,13H2,1H3/t18-,19+/m1/s1. The van der Waals surface area contributed by atoms with E-state index >= 15 is 0 Å². The average Bonchev–Trinajstić information content (AvgIpc) is 3.24. The fraction of sp³-hybridized carbons (Fsp3) is 0.190. The minimum absolute atomic E-state index is 0.0748. The van der Waals surface area contributed by atoms with E-state index in [9.17, 15) is 13.2 Å². The molecular weight excluding hydrogens is 378 g/mol. The molecule has 3 aromatic rings. The van der Waals surface area contributed by atoms with E-state index < -0.39 is 10.0 Å². The summed E-state index contributed by atoms with van der Waals surface area (Å²) >= 11 is 1.43. The smallest absolute Gasteiger partial charge is 0.240 e. The lowest BCUT2D eigenvalue weighted by Crippen LogP contribution is -2.30. The summed E-state index contributed by atoms with van der Waals surface area (Å²) in [6.07, 6.45) is 0. The molecule has 1 heterocycles. The Balaban J connectivity index is 1.63. The molecule has 0 saturated carbocycles. The molecule has 0 unspecified atom stereocenters. The van der Waals surface area contributed by atoms with Gasteiger partial charge in [0.1, 0.15) is 0 Å². The summed E-state index contributed by atoms with van der Waals surface area (Å²) in [6, 6.07) is 18.3. The van der Waals surface area contributed by atoms with Gasteiger partial charge >= 0.3 is 0 Å². The number of carbonyl (C=O) groups excluding carboxylic acids is 1. The molecular formula is C21H19NO3S2. The van der Waals surface area contributed by atoms with E-state index in [2.05, 4.69) is 4.72 Å². The highest BCUT2D eigenvalue weighted by molar-refractivity contribution is 7.89. The Morgan fingerprint density at radius 2 is 1.70 bits per heavy atom. The van der Waals surface area contributed by atoms with Crippen LogP contribution in [0.2, 0.25) is 0 Å². The average molecular weight is 398 g/mol. The van der Waals surface area contributed by atoms with Crippen molar-refractivity contribution in [1.29, 1.82) is 0 Å². The molecule has 1 N–H and O–H groups in total. The zero-order valence-electron chi connectivity index (χ0n) is 14.8. The van der Waals surface area contributed by atoms with Crippen LogP contribution in [-0.4, -0.2) is 20.7 Å². The summed E-state index contributed by atoms with van der Waals surface area (Å²) in [5.74, 6) is -0.485. The fourth-order valence-corrected chi connectivity index (χ4v) is 5.60. The number of fused-ring (bicyclic) bond motifs is 1. The quantitative estimate of drug-likeness (QED) is 0.705. The second-order valence-electron chi connectivity index (χ2n) is 6.73. The lowest BCUT2D eigenvalue weighted by atomic mass is 9.86. The molecule has 0 radical (unpaired) electrons. The van der Waals surface area contributed by atoms with Crippen molar-refractivity contribution >= 4 is 27.1 Å². The van der Waals surface area contributed by atoms with Crippen LogP contribution in [0.3, 0.4) is 0 Å². The van der Waals surface area contributed by atoms with Crippen LogP contribution in [0.25, 0.3) is 0 Å². The molecule has 0 saturated heterocycles. The van der Waals surface area contributed by atoms with Crippen molar-refractivity contribution < 1.29 is 13.2 Å². The van der Waals surface area contributed by atoms with Crippen LogP contribution in [-0.2, 0) is 10.0 Å². The topological polar surface area (TPSA) is 63.2 Å². The summed E-state index contributed by atoms with van der Waals surface area (Å²) in [6.45, 7) is 2.10. The number of benzene rings is 2. The van der Waals surface area contributed by atoms with E-state index in [0.29, 0.717) is 0 Å². The van der Waals surface area contributed by atoms with Gasteiger partial charge in [-0.2, -0.15) is 0 Å². The molecule has 4 rings (SSSR count). The molecule has 0 aliphatic heterocycles. The van der Waals surface area contributed by atoms with E-state index in [1.54, 1.807) is 24.3 Å². The van der Waals surface area contributed by atoms with Crippen LogP contribution in [0.1, 0.15) is 38.2 Å². The van der Waals surface area contributed by atoms with Gasteiger partial charge in [0.05, 0.1) is 15.7 Å². The van der Waals surface area contributed by atoms with Gasteiger partial charge < -0.3 is 0 Å². The zero-order chi connectivity index (χ0) is 19.0. The molecule has 138 valence electrons. The number of Topliss-reactive ketones (excluding diaryl/α,β-unsaturated/α-hetero) is 1.